The van der Waals surface area contributed by atoms with Crippen LogP contribution in [0.5, 0.6) is 0 Å². The minimum Gasteiger partial charge on any atom is -0.448 e. The summed E-state index contributed by atoms with van der Waals surface area (Å²) in [7, 11) is 0. The molecule has 0 atom stereocenters. The largest absolute Gasteiger partial charge is 0.448 e. The van der Waals surface area contributed by atoms with Crippen LogP contribution in [0.2, 0.25) is 0 Å². The number of carbonyl (C=O) groups excluding carboxylic acids is 2. The van der Waals surface area contributed by atoms with Gasteiger partial charge in [-0.05, 0) is 23.8 Å². The molecular formula is C16H16N4O3. The second-order valence-electron chi connectivity index (χ2n) is 5.07. The molecule has 0 saturated carbocycles. The lowest BCUT2D eigenvalue weighted by atomic mass is 10.1. The molecule has 3 heterocycles. The third kappa shape index (κ3) is 3.63. The Hall–Kier alpha value is -2.96. The van der Waals surface area contributed by atoms with Crippen LogP contribution < -0.4 is 5.32 Å². The number of aromatic nitrogens is 2. The number of hydrogen-bond donors (Lipinski definition) is 1. The average Bonchev–Trinajstić information content (AvgIpc) is 2.99. The minimum absolute atomic E-state index is 0.00131. The first-order chi connectivity index (χ1) is 11.2. The molecule has 7 heteroatoms. The van der Waals surface area contributed by atoms with Crippen molar-refractivity contribution < 1.29 is 14.3 Å². The first-order valence-electron chi connectivity index (χ1n) is 7.27. The van der Waals surface area contributed by atoms with Gasteiger partial charge in [-0.2, -0.15) is 0 Å². The molecule has 1 aliphatic heterocycles. The molecule has 0 radical (unpaired) electrons. The van der Waals surface area contributed by atoms with E-state index in [1.54, 1.807) is 18.6 Å². The van der Waals surface area contributed by atoms with Crippen LogP contribution in [-0.4, -0.2) is 46.6 Å². The number of rotatable bonds is 5. The topological polar surface area (TPSA) is 84.4 Å². The van der Waals surface area contributed by atoms with Crippen LogP contribution in [0.1, 0.15) is 5.56 Å². The highest BCUT2D eigenvalue weighted by atomic mass is 16.6. The van der Waals surface area contributed by atoms with Crippen LogP contribution in [0.4, 0.5) is 4.79 Å². The maximum absolute atomic E-state index is 12.0. The summed E-state index contributed by atoms with van der Waals surface area (Å²) >= 11 is 0. The summed E-state index contributed by atoms with van der Waals surface area (Å²) in [5.74, 6) is -0.232. The van der Waals surface area contributed by atoms with Gasteiger partial charge in [-0.3, -0.25) is 19.7 Å². The van der Waals surface area contributed by atoms with Gasteiger partial charge < -0.3 is 10.1 Å². The normalized spacial score (nSPS) is 13.7. The van der Waals surface area contributed by atoms with Crippen molar-refractivity contribution in [3.05, 3.63) is 48.4 Å². The Bertz CT molecular complexity index is 705. The van der Waals surface area contributed by atoms with Crippen molar-refractivity contribution in [2.24, 2.45) is 0 Å². The molecule has 0 unspecified atom stereocenters. The second kappa shape index (κ2) is 6.87. The van der Waals surface area contributed by atoms with Crippen LogP contribution in [0.3, 0.4) is 0 Å². The third-order valence-electron chi connectivity index (χ3n) is 3.48. The molecular weight excluding hydrogens is 296 g/mol. The van der Waals surface area contributed by atoms with Crippen LogP contribution in [0, 0.1) is 0 Å². The highest BCUT2D eigenvalue weighted by molar-refractivity contribution is 5.82. The lowest BCUT2D eigenvalue weighted by molar-refractivity contribution is -0.121. The lowest BCUT2D eigenvalue weighted by Gasteiger charge is -2.13. The average molecular weight is 312 g/mol. The molecule has 0 aliphatic carbocycles. The van der Waals surface area contributed by atoms with Crippen molar-refractivity contribution in [1.29, 1.82) is 0 Å². The van der Waals surface area contributed by atoms with E-state index in [2.05, 4.69) is 15.3 Å². The Kier molecular flexibility index (Phi) is 4.46. The fourth-order valence-corrected chi connectivity index (χ4v) is 2.34. The molecule has 2 aromatic heterocycles. The van der Waals surface area contributed by atoms with Gasteiger partial charge in [0.25, 0.3) is 0 Å². The predicted molar refractivity (Wildman–Crippen MR) is 82.2 cm³/mol. The van der Waals surface area contributed by atoms with Crippen LogP contribution in [0.25, 0.3) is 11.3 Å². The Morgan fingerprint density at radius 2 is 2.17 bits per heavy atom. The van der Waals surface area contributed by atoms with Gasteiger partial charge in [0.05, 0.1) is 12.2 Å². The van der Waals surface area contributed by atoms with E-state index >= 15 is 0 Å². The van der Waals surface area contributed by atoms with Crippen LogP contribution in [0.15, 0.2) is 42.9 Å². The number of nitrogens with zero attached hydrogens (tertiary/aromatic N) is 3. The van der Waals surface area contributed by atoms with E-state index in [1.807, 2.05) is 24.3 Å². The summed E-state index contributed by atoms with van der Waals surface area (Å²) < 4.78 is 4.80. The summed E-state index contributed by atoms with van der Waals surface area (Å²) in [6.45, 7) is 1.11. The molecule has 1 saturated heterocycles. The zero-order valence-corrected chi connectivity index (χ0v) is 12.4. The Labute approximate surface area is 133 Å². The van der Waals surface area contributed by atoms with E-state index in [0.29, 0.717) is 19.7 Å². The van der Waals surface area contributed by atoms with Gasteiger partial charge in [-0.1, -0.05) is 6.07 Å². The molecule has 2 amide bonds. The SMILES string of the molecule is O=C(CN1CCOC1=O)NCc1cccnc1-c1cccnc1. The standard InChI is InChI=1S/C16H16N4O3/c21-14(11-20-7-8-23-16(20)22)19-10-13-4-2-6-18-15(13)12-3-1-5-17-9-12/h1-6,9H,7-8,10-11H2,(H,19,21). The van der Waals surface area contributed by atoms with Crippen molar-refractivity contribution in [2.45, 2.75) is 6.54 Å². The number of carbonyl (C=O) groups is 2. The lowest BCUT2D eigenvalue weighted by Crippen LogP contribution is -2.37. The highest BCUT2D eigenvalue weighted by Gasteiger charge is 2.23. The Balaban J connectivity index is 1.64. The molecule has 2 aromatic rings. The molecule has 0 spiro atoms. The monoisotopic (exact) mass is 312 g/mol. The van der Waals surface area contributed by atoms with Gasteiger partial charge in [0.1, 0.15) is 13.2 Å². The first-order valence-corrected chi connectivity index (χ1v) is 7.27. The quantitative estimate of drug-likeness (QED) is 0.897. The van der Waals surface area contributed by atoms with Gasteiger partial charge >= 0.3 is 6.09 Å². The molecule has 3 rings (SSSR count). The van der Waals surface area contributed by atoms with E-state index in [-0.39, 0.29) is 12.5 Å². The summed E-state index contributed by atoms with van der Waals surface area (Å²) in [5.41, 5.74) is 2.56. The fourth-order valence-electron chi connectivity index (χ4n) is 2.34. The summed E-state index contributed by atoms with van der Waals surface area (Å²) in [6, 6.07) is 7.48. The summed E-state index contributed by atoms with van der Waals surface area (Å²) in [4.78, 5) is 33.1. The van der Waals surface area contributed by atoms with Crippen molar-refractivity contribution in [1.82, 2.24) is 20.2 Å². The van der Waals surface area contributed by atoms with E-state index in [4.69, 9.17) is 4.74 Å². The maximum Gasteiger partial charge on any atom is 0.410 e. The van der Waals surface area contributed by atoms with Gasteiger partial charge in [0, 0.05) is 30.7 Å². The molecule has 1 aliphatic rings. The number of ether oxygens (including phenoxy) is 1. The zero-order valence-electron chi connectivity index (χ0n) is 12.4. The molecule has 0 bridgehead atoms. The Morgan fingerprint density at radius 3 is 2.91 bits per heavy atom. The van der Waals surface area contributed by atoms with Crippen molar-refractivity contribution in [3.63, 3.8) is 0 Å². The number of hydrogen-bond acceptors (Lipinski definition) is 5. The molecule has 118 valence electrons. The maximum atomic E-state index is 12.0. The van der Waals surface area contributed by atoms with Crippen molar-refractivity contribution >= 4 is 12.0 Å². The molecule has 23 heavy (non-hydrogen) atoms. The minimum atomic E-state index is -0.447. The third-order valence-corrected chi connectivity index (χ3v) is 3.48. The van der Waals surface area contributed by atoms with Gasteiger partial charge in [0.15, 0.2) is 0 Å². The van der Waals surface area contributed by atoms with Crippen LogP contribution >= 0.6 is 0 Å². The molecule has 0 aromatic carbocycles. The van der Waals surface area contributed by atoms with Crippen molar-refractivity contribution in [2.75, 3.05) is 19.7 Å². The second-order valence-corrected chi connectivity index (χ2v) is 5.07. The van der Waals surface area contributed by atoms with Gasteiger partial charge in [-0.15, -0.1) is 0 Å². The molecule has 1 N–H and O–H groups in total. The predicted octanol–water partition coefficient (Wildman–Crippen LogP) is 1.21. The first kappa shape index (κ1) is 15.0. The van der Waals surface area contributed by atoms with Gasteiger partial charge in [-0.25, -0.2) is 4.79 Å². The van der Waals surface area contributed by atoms with E-state index < -0.39 is 6.09 Å². The van der Waals surface area contributed by atoms with Crippen LogP contribution in [-0.2, 0) is 16.1 Å². The number of nitrogens with one attached hydrogen (secondary N) is 1. The number of amides is 2. The highest BCUT2D eigenvalue weighted by Crippen LogP contribution is 2.19. The number of pyridine rings is 2. The van der Waals surface area contributed by atoms with E-state index in [1.165, 1.54) is 4.90 Å². The fraction of sp³-hybridized carbons (Fsp3) is 0.250. The van der Waals surface area contributed by atoms with Crippen molar-refractivity contribution in [3.8, 4) is 11.3 Å². The summed E-state index contributed by atoms with van der Waals surface area (Å²) in [5, 5.41) is 2.81. The summed E-state index contributed by atoms with van der Waals surface area (Å²) in [6.07, 6.45) is 4.68. The van der Waals surface area contributed by atoms with Gasteiger partial charge in [0.2, 0.25) is 5.91 Å². The smallest absolute Gasteiger partial charge is 0.410 e. The molecule has 7 nitrogen and oxygen atoms in total. The van der Waals surface area contributed by atoms with E-state index in [0.717, 1.165) is 16.8 Å². The molecule has 1 fully saturated rings. The Morgan fingerprint density at radius 1 is 1.30 bits per heavy atom. The van der Waals surface area contributed by atoms with E-state index in [9.17, 15) is 9.59 Å². The zero-order chi connectivity index (χ0) is 16.1. The number of cyclic esters (lactones) is 1.